The van der Waals surface area contributed by atoms with Gasteiger partial charge in [-0.05, 0) is 32.1 Å². The fraction of sp³-hybridized carbons (Fsp3) is 0.940. The van der Waals surface area contributed by atoms with E-state index in [2.05, 4.69) is 26.0 Å². The molecule has 64 heavy (non-hydrogen) atoms. The zero-order valence-corrected chi connectivity index (χ0v) is 40.0. The number of aliphatic hydroxyl groups is 7. The van der Waals surface area contributed by atoms with Crippen LogP contribution in [-0.2, 0) is 33.2 Å². The number of carbonyl (C=O) groups excluding carboxylic acids is 1. The van der Waals surface area contributed by atoms with E-state index in [-0.39, 0.29) is 25.6 Å². The lowest BCUT2D eigenvalue weighted by atomic mass is 9.98. The number of hydrogen-bond donors (Lipinski definition) is 7. The molecule has 0 aromatic rings. The van der Waals surface area contributed by atoms with Crippen molar-refractivity contribution in [3.05, 3.63) is 12.2 Å². The molecule has 2 saturated heterocycles. The smallest absolute Gasteiger partial charge is 0.306 e. The van der Waals surface area contributed by atoms with E-state index in [4.69, 9.17) is 28.4 Å². The largest absolute Gasteiger partial charge is 0.457 e. The number of aliphatic hydroxyl groups excluding tert-OH is 7. The first kappa shape index (κ1) is 58.9. The van der Waals surface area contributed by atoms with Crippen LogP contribution in [-0.4, -0.2) is 142 Å². The second-order valence-corrected chi connectivity index (χ2v) is 18.3. The summed E-state index contributed by atoms with van der Waals surface area (Å²) in [6.45, 7) is 3.66. The van der Waals surface area contributed by atoms with Gasteiger partial charge in [-0.25, -0.2) is 0 Å². The summed E-state index contributed by atoms with van der Waals surface area (Å²) >= 11 is 0. The van der Waals surface area contributed by atoms with E-state index in [1.807, 2.05) is 0 Å². The Bertz CT molecular complexity index is 1110. The maximum atomic E-state index is 12.9. The van der Waals surface area contributed by atoms with Crippen molar-refractivity contribution >= 4 is 5.97 Å². The number of esters is 1. The minimum atomic E-state index is -1.70. The van der Waals surface area contributed by atoms with Crippen molar-refractivity contribution in [1.29, 1.82) is 0 Å². The average Bonchev–Trinajstić information content (AvgIpc) is 3.29. The summed E-state index contributed by atoms with van der Waals surface area (Å²) in [6.07, 6.45) is 22.8. The Hall–Kier alpha value is -1.27. The van der Waals surface area contributed by atoms with Crippen molar-refractivity contribution < 1.29 is 69.0 Å². The van der Waals surface area contributed by atoms with Gasteiger partial charge in [-0.3, -0.25) is 4.79 Å². The lowest BCUT2D eigenvalue weighted by Crippen LogP contribution is -2.61. The average molecular weight is 919 g/mol. The molecule has 0 bridgehead atoms. The molecular formula is C50H94O14. The van der Waals surface area contributed by atoms with Crippen LogP contribution in [0.15, 0.2) is 12.2 Å². The number of unbranched alkanes of at least 4 members (excludes halogenated alkanes) is 25. The van der Waals surface area contributed by atoms with Gasteiger partial charge in [0, 0.05) is 13.0 Å². The van der Waals surface area contributed by atoms with E-state index < -0.39 is 80.7 Å². The Kier molecular flexibility index (Phi) is 35.6. The van der Waals surface area contributed by atoms with Crippen molar-refractivity contribution in [2.24, 2.45) is 0 Å². The van der Waals surface area contributed by atoms with Crippen LogP contribution in [0.2, 0.25) is 0 Å². The van der Waals surface area contributed by atoms with Gasteiger partial charge >= 0.3 is 5.97 Å². The van der Waals surface area contributed by atoms with E-state index in [0.717, 1.165) is 57.8 Å². The highest BCUT2D eigenvalue weighted by molar-refractivity contribution is 5.69. The van der Waals surface area contributed by atoms with Crippen LogP contribution in [0.5, 0.6) is 0 Å². The fourth-order valence-corrected chi connectivity index (χ4v) is 8.27. The predicted molar refractivity (Wildman–Crippen MR) is 247 cm³/mol. The van der Waals surface area contributed by atoms with Crippen LogP contribution >= 0.6 is 0 Å². The van der Waals surface area contributed by atoms with E-state index in [1.54, 1.807) is 0 Å². The van der Waals surface area contributed by atoms with E-state index in [1.165, 1.54) is 116 Å². The quantitative estimate of drug-likeness (QED) is 0.0180. The summed E-state index contributed by atoms with van der Waals surface area (Å²) in [7, 11) is 0. The maximum Gasteiger partial charge on any atom is 0.306 e. The summed E-state index contributed by atoms with van der Waals surface area (Å²) in [5.74, 6) is -0.383. The standard InChI is InChI=1S/C50H94O14/c1-3-5-7-9-11-13-15-16-17-18-19-20-21-22-24-26-28-30-32-34-59-36-39(62-42(52)33-31-29-27-25-23-14-12-10-8-6-4-2)37-60-49-48(58)46(56)44(54)41(64-49)38-61-50-47(57)45(55)43(53)40(35-51)63-50/h10,12,39-41,43-51,53-58H,3-9,11,13-38H2,1-2H3/b12-10-. The Balaban J connectivity index is 1.74. The van der Waals surface area contributed by atoms with Gasteiger partial charge in [-0.15, -0.1) is 0 Å². The third-order valence-electron chi connectivity index (χ3n) is 12.5. The molecule has 2 rings (SSSR count). The van der Waals surface area contributed by atoms with Gasteiger partial charge in [0.1, 0.15) is 54.9 Å². The number of hydrogen-bond acceptors (Lipinski definition) is 14. The number of rotatable bonds is 41. The maximum absolute atomic E-state index is 12.9. The SMILES string of the molecule is CCCC/C=C\CCCCCCCC(=O)OC(COCCCCCCCCCCCCCCCCCCCCC)COC1OC(COC2OC(CO)C(O)C(O)C2O)C(O)C(O)C1O. The lowest BCUT2D eigenvalue weighted by Gasteiger charge is -2.42. The molecule has 2 aliphatic heterocycles. The second-order valence-electron chi connectivity index (χ2n) is 18.3. The molecule has 11 atom stereocenters. The molecule has 0 amide bonds. The van der Waals surface area contributed by atoms with Crippen LogP contribution in [0.3, 0.4) is 0 Å². The normalized spacial score (nSPS) is 26.8. The van der Waals surface area contributed by atoms with Gasteiger partial charge in [-0.2, -0.15) is 0 Å². The van der Waals surface area contributed by atoms with Crippen LogP contribution < -0.4 is 0 Å². The Morgan fingerprint density at radius 2 is 0.938 bits per heavy atom. The van der Waals surface area contributed by atoms with Gasteiger partial charge in [0.25, 0.3) is 0 Å². The summed E-state index contributed by atoms with van der Waals surface area (Å²) in [5.41, 5.74) is 0. The molecule has 2 fully saturated rings. The van der Waals surface area contributed by atoms with Gasteiger partial charge < -0.3 is 64.2 Å². The van der Waals surface area contributed by atoms with Gasteiger partial charge in [0.2, 0.25) is 0 Å². The van der Waals surface area contributed by atoms with Crippen molar-refractivity contribution in [1.82, 2.24) is 0 Å². The molecule has 2 aliphatic rings. The number of allylic oxidation sites excluding steroid dienone is 2. The summed E-state index contributed by atoms with van der Waals surface area (Å²) in [5, 5.41) is 72.0. The molecule has 11 unspecified atom stereocenters. The molecule has 0 aromatic heterocycles. The third kappa shape index (κ3) is 26.3. The molecule has 0 aromatic carbocycles. The zero-order chi connectivity index (χ0) is 46.6. The number of ether oxygens (including phenoxy) is 6. The molecule has 2 heterocycles. The van der Waals surface area contributed by atoms with Crippen LogP contribution in [0.4, 0.5) is 0 Å². The Morgan fingerprint density at radius 3 is 1.47 bits per heavy atom. The van der Waals surface area contributed by atoms with E-state index in [0.29, 0.717) is 13.0 Å². The minimum absolute atomic E-state index is 0.0637. The monoisotopic (exact) mass is 919 g/mol. The Labute approximate surface area is 386 Å². The molecule has 14 heteroatoms. The first-order valence-electron chi connectivity index (χ1n) is 25.8. The topological polar surface area (TPSA) is 214 Å². The third-order valence-corrected chi connectivity index (χ3v) is 12.5. The fourth-order valence-electron chi connectivity index (χ4n) is 8.27. The highest BCUT2D eigenvalue weighted by Crippen LogP contribution is 2.26. The molecule has 0 aliphatic carbocycles. The highest BCUT2D eigenvalue weighted by atomic mass is 16.7. The molecule has 7 N–H and O–H groups in total. The van der Waals surface area contributed by atoms with Crippen LogP contribution in [0.25, 0.3) is 0 Å². The highest BCUT2D eigenvalue weighted by Gasteiger charge is 2.47. The molecular weight excluding hydrogens is 825 g/mol. The molecule has 0 radical (unpaired) electrons. The van der Waals surface area contributed by atoms with Crippen LogP contribution in [0.1, 0.15) is 200 Å². The van der Waals surface area contributed by atoms with E-state index in [9.17, 15) is 40.5 Å². The van der Waals surface area contributed by atoms with Crippen molar-refractivity contribution in [2.75, 3.05) is 33.0 Å². The number of carbonyl (C=O) groups is 1. The van der Waals surface area contributed by atoms with Gasteiger partial charge in [0.05, 0.1) is 26.4 Å². The van der Waals surface area contributed by atoms with Crippen molar-refractivity contribution in [3.8, 4) is 0 Å². The zero-order valence-electron chi connectivity index (χ0n) is 40.0. The second kappa shape index (κ2) is 38.7. The Morgan fingerprint density at radius 1 is 0.500 bits per heavy atom. The molecule has 14 nitrogen and oxygen atoms in total. The lowest BCUT2D eigenvalue weighted by molar-refractivity contribution is -0.332. The summed E-state index contributed by atoms with van der Waals surface area (Å²) < 4.78 is 34.2. The molecule has 0 saturated carbocycles. The van der Waals surface area contributed by atoms with Gasteiger partial charge in [0.15, 0.2) is 12.6 Å². The first-order chi connectivity index (χ1) is 31.1. The molecule has 378 valence electrons. The van der Waals surface area contributed by atoms with Gasteiger partial charge in [-0.1, -0.05) is 174 Å². The predicted octanol–water partition coefficient (Wildman–Crippen LogP) is 7.46. The van der Waals surface area contributed by atoms with Crippen molar-refractivity contribution in [3.63, 3.8) is 0 Å². The summed E-state index contributed by atoms with van der Waals surface area (Å²) in [4.78, 5) is 12.9. The first-order valence-corrected chi connectivity index (χ1v) is 25.8. The van der Waals surface area contributed by atoms with Crippen LogP contribution in [0, 0.1) is 0 Å². The minimum Gasteiger partial charge on any atom is -0.457 e. The summed E-state index contributed by atoms with van der Waals surface area (Å²) in [6, 6.07) is 0. The van der Waals surface area contributed by atoms with Crippen molar-refractivity contribution in [2.45, 2.75) is 268 Å². The molecule has 0 spiro atoms. The van der Waals surface area contributed by atoms with E-state index >= 15 is 0 Å².